The lowest BCUT2D eigenvalue weighted by molar-refractivity contribution is -0.135. The number of para-hydroxylation sites is 1. The van der Waals surface area contributed by atoms with Crippen LogP contribution in [0.3, 0.4) is 0 Å². The number of nitrogens with one attached hydrogen (secondary N) is 1. The summed E-state index contributed by atoms with van der Waals surface area (Å²) in [5.74, 6) is -0.267. The van der Waals surface area contributed by atoms with E-state index in [0.29, 0.717) is 16.5 Å². The van der Waals surface area contributed by atoms with Crippen molar-refractivity contribution in [1.29, 1.82) is 0 Å². The molecule has 0 fully saturated rings. The van der Waals surface area contributed by atoms with Gasteiger partial charge >= 0.3 is 6.18 Å². The number of carbonyl (C=O) groups excluding carboxylic acids is 1. The number of nitrogens with zero attached hydrogens (tertiary/aromatic N) is 1. The summed E-state index contributed by atoms with van der Waals surface area (Å²) in [6, 6.07) is 8.36. The van der Waals surface area contributed by atoms with Crippen molar-refractivity contribution in [2.45, 2.75) is 19.0 Å². The second-order valence-electron chi connectivity index (χ2n) is 4.59. The van der Waals surface area contributed by atoms with Crippen LogP contribution in [0.5, 0.6) is 0 Å². The summed E-state index contributed by atoms with van der Waals surface area (Å²) in [7, 11) is 0. The van der Waals surface area contributed by atoms with Gasteiger partial charge in [0.2, 0.25) is 0 Å². The summed E-state index contributed by atoms with van der Waals surface area (Å²) in [5, 5.41) is 3.08. The summed E-state index contributed by atoms with van der Waals surface area (Å²) >= 11 is 0. The number of pyridine rings is 1. The van der Waals surface area contributed by atoms with Gasteiger partial charge in [-0.05, 0) is 18.6 Å². The molecule has 2 aromatic rings. The number of hydrogen-bond donors (Lipinski definition) is 2. The number of halogens is 3. The van der Waals surface area contributed by atoms with Crippen LogP contribution in [0, 0.1) is 0 Å². The first kappa shape index (κ1) is 15.1. The fourth-order valence-electron chi connectivity index (χ4n) is 1.97. The Morgan fingerprint density at radius 1 is 1.29 bits per heavy atom. The van der Waals surface area contributed by atoms with Gasteiger partial charge in [0.1, 0.15) is 5.82 Å². The fraction of sp³-hybridized carbons (Fsp3) is 0.286. The normalized spacial score (nSPS) is 11.6. The number of hydrogen-bond acceptors (Lipinski definition) is 3. The summed E-state index contributed by atoms with van der Waals surface area (Å²) in [6.45, 7) is -0.0467. The van der Waals surface area contributed by atoms with E-state index in [9.17, 15) is 18.0 Å². The van der Waals surface area contributed by atoms with Gasteiger partial charge in [0.05, 0.1) is 11.1 Å². The number of nitrogens with two attached hydrogens (primary N) is 1. The molecule has 0 radical (unpaired) electrons. The van der Waals surface area contributed by atoms with Crippen molar-refractivity contribution in [2.24, 2.45) is 0 Å². The highest BCUT2D eigenvalue weighted by molar-refractivity contribution is 6.06. The molecule has 1 aromatic heterocycles. The Balaban J connectivity index is 2.09. The monoisotopic (exact) mass is 297 g/mol. The van der Waals surface area contributed by atoms with Gasteiger partial charge in [-0.25, -0.2) is 4.98 Å². The minimum atomic E-state index is -4.21. The molecule has 4 nitrogen and oxygen atoms in total. The Hall–Kier alpha value is -2.31. The second kappa shape index (κ2) is 5.99. The van der Waals surface area contributed by atoms with Gasteiger partial charge in [-0.2, -0.15) is 13.2 Å². The highest BCUT2D eigenvalue weighted by Gasteiger charge is 2.26. The zero-order chi connectivity index (χ0) is 15.5. The molecule has 1 heterocycles. The average Bonchev–Trinajstić information content (AvgIpc) is 2.41. The quantitative estimate of drug-likeness (QED) is 0.853. The number of anilines is 1. The maximum absolute atomic E-state index is 12.1. The first-order valence-corrected chi connectivity index (χ1v) is 6.37. The molecular weight excluding hydrogens is 283 g/mol. The molecule has 21 heavy (non-hydrogen) atoms. The molecule has 1 aromatic carbocycles. The van der Waals surface area contributed by atoms with E-state index in [1.54, 1.807) is 24.3 Å². The standard InChI is InChI=1S/C14H14F3N3O/c15-14(16,17)6-3-7-19-13(21)10-8-12(18)20-11-5-2-1-4-9(10)11/h1-2,4-5,8H,3,6-7H2,(H2,18,20)(H,19,21). The summed E-state index contributed by atoms with van der Waals surface area (Å²) in [5.41, 5.74) is 6.51. The van der Waals surface area contributed by atoms with Crippen LogP contribution >= 0.6 is 0 Å². The Bertz CT molecular complexity index is 655. The van der Waals surface area contributed by atoms with Crippen molar-refractivity contribution < 1.29 is 18.0 Å². The number of aromatic nitrogens is 1. The molecular formula is C14H14F3N3O. The Labute approximate surface area is 119 Å². The molecule has 0 saturated heterocycles. The molecule has 0 aliphatic heterocycles. The van der Waals surface area contributed by atoms with Crippen LogP contribution in [0.4, 0.5) is 19.0 Å². The lowest BCUT2D eigenvalue weighted by Crippen LogP contribution is -2.26. The van der Waals surface area contributed by atoms with Gasteiger partial charge in [0.15, 0.2) is 0 Å². The largest absolute Gasteiger partial charge is 0.389 e. The summed E-state index contributed by atoms with van der Waals surface area (Å²) < 4.78 is 36.1. The minimum Gasteiger partial charge on any atom is -0.384 e. The Kier molecular flexibility index (Phi) is 4.30. The molecule has 2 rings (SSSR count). The lowest BCUT2D eigenvalue weighted by atomic mass is 10.1. The van der Waals surface area contributed by atoms with E-state index in [4.69, 9.17) is 5.73 Å². The maximum atomic E-state index is 12.1. The number of carbonyl (C=O) groups is 1. The molecule has 0 bridgehead atoms. The number of alkyl halides is 3. The number of nitrogen functional groups attached to an aromatic ring is 1. The van der Waals surface area contributed by atoms with Crippen LogP contribution in [0.25, 0.3) is 10.9 Å². The molecule has 3 N–H and O–H groups in total. The smallest absolute Gasteiger partial charge is 0.384 e. The third kappa shape index (κ3) is 4.08. The van der Waals surface area contributed by atoms with Gasteiger partial charge < -0.3 is 11.1 Å². The van der Waals surface area contributed by atoms with Crippen LogP contribution in [0.2, 0.25) is 0 Å². The van der Waals surface area contributed by atoms with E-state index in [2.05, 4.69) is 10.3 Å². The summed E-state index contributed by atoms with van der Waals surface area (Å²) in [6.07, 6.45) is -5.29. The number of rotatable bonds is 4. The van der Waals surface area contributed by atoms with Crippen LogP contribution < -0.4 is 11.1 Å². The van der Waals surface area contributed by atoms with Gasteiger partial charge in [0.25, 0.3) is 5.91 Å². The highest BCUT2D eigenvalue weighted by Crippen LogP contribution is 2.21. The Morgan fingerprint density at radius 2 is 2.00 bits per heavy atom. The van der Waals surface area contributed by atoms with Crippen LogP contribution in [-0.4, -0.2) is 23.6 Å². The lowest BCUT2D eigenvalue weighted by Gasteiger charge is -2.09. The van der Waals surface area contributed by atoms with Gasteiger partial charge in [-0.1, -0.05) is 18.2 Å². The number of benzene rings is 1. The Morgan fingerprint density at radius 3 is 2.71 bits per heavy atom. The molecule has 7 heteroatoms. The molecule has 1 amide bonds. The average molecular weight is 297 g/mol. The van der Waals surface area contributed by atoms with Crippen molar-refractivity contribution in [3.8, 4) is 0 Å². The van der Waals surface area contributed by atoms with E-state index >= 15 is 0 Å². The van der Waals surface area contributed by atoms with Crippen LogP contribution in [0.15, 0.2) is 30.3 Å². The molecule has 112 valence electrons. The molecule has 0 aliphatic rings. The third-order valence-electron chi connectivity index (χ3n) is 2.90. The first-order valence-electron chi connectivity index (χ1n) is 6.37. The van der Waals surface area contributed by atoms with Crippen molar-refractivity contribution in [2.75, 3.05) is 12.3 Å². The van der Waals surface area contributed by atoms with E-state index in [0.717, 1.165) is 0 Å². The van der Waals surface area contributed by atoms with Crippen molar-refractivity contribution in [1.82, 2.24) is 10.3 Å². The maximum Gasteiger partial charge on any atom is 0.389 e. The molecule has 0 aliphatic carbocycles. The zero-order valence-electron chi connectivity index (χ0n) is 11.1. The minimum absolute atomic E-state index is 0.0467. The van der Waals surface area contributed by atoms with Crippen LogP contribution in [-0.2, 0) is 0 Å². The van der Waals surface area contributed by atoms with Crippen molar-refractivity contribution in [3.05, 3.63) is 35.9 Å². The topological polar surface area (TPSA) is 68.0 Å². The predicted octanol–water partition coefficient (Wildman–Crippen LogP) is 2.89. The van der Waals surface area contributed by atoms with Crippen molar-refractivity contribution >= 4 is 22.6 Å². The first-order chi connectivity index (χ1) is 9.87. The zero-order valence-corrected chi connectivity index (χ0v) is 11.1. The van der Waals surface area contributed by atoms with E-state index in [1.807, 2.05) is 0 Å². The number of amides is 1. The number of fused-ring (bicyclic) bond motifs is 1. The van der Waals surface area contributed by atoms with Crippen molar-refractivity contribution in [3.63, 3.8) is 0 Å². The van der Waals surface area contributed by atoms with E-state index in [1.165, 1.54) is 6.07 Å². The summed E-state index contributed by atoms with van der Waals surface area (Å²) in [4.78, 5) is 16.2. The predicted molar refractivity (Wildman–Crippen MR) is 73.8 cm³/mol. The third-order valence-corrected chi connectivity index (χ3v) is 2.90. The molecule has 0 saturated carbocycles. The molecule has 0 unspecified atom stereocenters. The van der Waals surface area contributed by atoms with Gasteiger partial charge in [-0.3, -0.25) is 4.79 Å². The van der Waals surface area contributed by atoms with Gasteiger partial charge in [0, 0.05) is 18.4 Å². The van der Waals surface area contributed by atoms with Crippen LogP contribution in [0.1, 0.15) is 23.2 Å². The highest BCUT2D eigenvalue weighted by atomic mass is 19.4. The fourth-order valence-corrected chi connectivity index (χ4v) is 1.97. The molecule has 0 atom stereocenters. The second-order valence-corrected chi connectivity index (χ2v) is 4.59. The molecule has 0 spiro atoms. The van der Waals surface area contributed by atoms with Gasteiger partial charge in [-0.15, -0.1) is 0 Å². The SMILES string of the molecule is Nc1cc(C(=O)NCCCC(F)(F)F)c2ccccc2n1. The van der Waals surface area contributed by atoms with E-state index in [-0.39, 0.29) is 18.8 Å². The van der Waals surface area contributed by atoms with E-state index < -0.39 is 18.5 Å².